The summed E-state index contributed by atoms with van der Waals surface area (Å²) >= 11 is 1.62. The van der Waals surface area contributed by atoms with Crippen molar-refractivity contribution < 1.29 is 9.53 Å². The molecular formula is C20H23N3O2S. The third-order valence-electron chi connectivity index (χ3n) is 4.18. The zero-order valence-corrected chi connectivity index (χ0v) is 16.1. The minimum atomic E-state index is -0.107. The number of rotatable bonds is 5. The van der Waals surface area contributed by atoms with E-state index in [1.54, 1.807) is 35.0 Å². The van der Waals surface area contributed by atoms with E-state index in [9.17, 15) is 4.79 Å². The molecule has 1 aliphatic rings. The summed E-state index contributed by atoms with van der Waals surface area (Å²) in [6, 6.07) is 11.6. The number of carbonyl (C=O) groups is 1. The van der Waals surface area contributed by atoms with E-state index in [2.05, 4.69) is 11.9 Å². The highest BCUT2D eigenvalue weighted by atomic mass is 32.2. The van der Waals surface area contributed by atoms with Crippen LogP contribution in [0.5, 0.6) is 5.88 Å². The number of nitrogens with zero attached hydrogens (tertiary/aromatic N) is 3. The van der Waals surface area contributed by atoms with E-state index >= 15 is 0 Å². The first-order valence-electron chi connectivity index (χ1n) is 8.83. The molecule has 1 atom stereocenters. The molecule has 1 saturated heterocycles. The number of aromatic nitrogens is 1. The number of aliphatic imine (C=N–C) groups is 1. The van der Waals surface area contributed by atoms with Crippen LogP contribution in [0.1, 0.15) is 36.2 Å². The van der Waals surface area contributed by atoms with Gasteiger partial charge in [-0.1, -0.05) is 30.8 Å². The van der Waals surface area contributed by atoms with Gasteiger partial charge < -0.3 is 4.74 Å². The van der Waals surface area contributed by atoms with Gasteiger partial charge in [0.25, 0.3) is 5.91 Å². The molecule has 1 aromatic heterocycles. The summed E-state index contributed by atoms with van der Waals surface area (Å²) in [5, 5.41) is 0.735. The van der Waals surface area contributed by atoms with Crippen LogP contribution in [0.2, 0.25) is 0 Å². The van der Waals surface area contributed by atoms with Crippen LogP contribution in [0.3, 0.4) is 0 Å². The molecule has 0 N–H and O–H groups in total. The first-order chi connectivity index (χ1) is 12.6. The molecule has 6 heteroatoms. The number of amidine groups is 1. The van der Waals surface area contributed by atoms with Gasteiger partial charge >= 0.3 is 0 Å². The summed E-state index contributed by atoms with van der Waals surface area (Å²) in [5.41, 5.74) is 2.48. The van der Waals surface area contributed by atoms with Gasteiger partial charge in [0.1, 0.15) is 5.56 Å². The number of ether oxygens (including phenoxy) is 1. The van der Waals surface area contributed by atoms with Crippen molar-refractivity contribution in [1.82, 2.24) is 9.88 Å². The van der Waals surface area contributed by atoms with Crippen molar-refractivity contribution in [3.05, 3.63) is 53.7 Å². The highest BCUT2D eigenvalue weighted by Gasteiger charge is 2.36. The Morgan fingerprint density at radius 2 is 2.19 bits per heavy atom. The van der Waals surface area contributed by atoms with Gasteiger partial charge in [-0.2, -0.15) is 0 Å². The van der Waals surface area contributed by atoms with Crippen LogP contribution >= 0.6 is 11.8 Å². The molecule has 1 aliphatic heterocycles. The maximum absolute atomic E-state index is 13.3. The first kappa shape index (κ1) is 18.5. The zero-order chi connectivity index (χ0) is 18.5. The molecule has 136 valence electrons. The van der Waals surface area contributed by atoms with Gasteiger partial charge in [-0.05, 0) is 50.1 Å². The van der Waals surface area contributed by atoms with E-state index in [1.165, 1.54) is 0 Å². The molecule has 0 aliphatic carbocycles. The number of pyridine rings is 1. The molecule has 5 nitrogen and oxygen atoms in total. The van der Waals surface area contributed by atoms with E-state index in [1.807, 2.05) is 38.1 Å². The van der Waals surface area contributed by atoms with Crippen LogP contribution in [0, 0.1) is 6.92 Å². The quantitative estimate of drug-likeness (QED) is 0.782. The van der Waals surface area contributed by atoms with Crippen molar-refractivity contribution in [2.24, 2.45) is 4.99 Å². The Morgan fingerprint density at radius 3 is 2.92 bits per heavy atom. The lowest BCUT2D eigenvalue weighted by Crippen LogP contribution is -2.39. The molecule has 0 spiro atoms. The second-order valence-corrected chi connectivity index (χ2v) is 7.06. The SMILES string of the molecule is CCOc1ncccc1C(=O)N1C(=Nc2cccc(C)c2)SC[C@@H]1CC. The summed E-state index contributed by atoms with van der Waals surface area (Å²) in [5.74, 6) is 1.11. The molecule has 0 unspecified atom stereocenters. The molecule has 3 rings (SSSR count). The molecular weight excluding hydrogens is 346 g/mol. The fourth-order valence-electron chi connectivity index (χ4n) is 2.85. The Bertz CT molecular complexity index is 822. The lowest BCUT2D eigenvalue weighted by atomic mass is 10.1. The zero-order valence-electron chi connectivity index (χ0n) is 15.3. The van der Waals surface area contributed by atoms with Crippen LogP contribution in [0.25, 0.3) is 0 Å². The van der Waals surface area contributed by atoms with Crippen molar-refractivity contribution in [3.8, 4) is 5.88 Å². The number of thioether (sulfide) groups is 1. The van der Waals surface area contributed by atoms with Crippen LogP contribution in [-0.2, 0) is 0 Å². The van der Waals surface area contributed by atoms with Gasteiger partial charge in [-0.3, -0.25) is 9.69 Å². The average Bonchev–Trinajstić information content (AvgIpc) is 3.04. The number of benzene rings is 1. The average molecular weight is 369 g/mol. The normalized spacial score (nSPS) is 18.3. The van der Waals surface area contributed by atoms with Crippen molar-refractivity contribution in [3.63, 3.8) is 0 Å². The van der Waals surface area contributed by atoms with Crippen LogP contribution in [0.4, 0.5) is 5.69 Å². The number of hydrogen-bond acceptors (Lipinski definition) is 5. The summed E-state index contributed by atoms with van der Waals surface area (Å²) in [6.45, 7) is 6.47. The Morgan fingerprint density at radius 1 is 1.35 bits per heavy atom. The Balaban J connectivity index is 1.97. The van der Waals surface area contributed by atoms with Gasteiger partial charge in [-0.15, -0.1) is 0 Å². The van der Waals surface area contributed by atoms with E-state index in [4.69, 9.17) is 9.73 Å². The predicted octanol–water partition coefficient (Wildman–Crippen LogP) is 4.44. The molecule has 0 saturated carbocycles. The Hall–Kier alpha value is -2.34. The molecule has 2 aromatic rings. The monoisotopic (exact) mass is 369 g/mol. The fraction of sp³-hybridized carbons (Fsp3) is 0.350. The van der Waals surface area contributed by atoms with E-state index in [0.29, 0.717) is 18.1 Å². The number of carbonyl (C=O) groups excluding carboxylic acids is 1. The van der Waals surface area contributed by atoms with Crippen molar-refractivity contribution in [2.75, 3.05) is 12.4 Å². The lowest BCUT2D eigenvalue weighted by molar-refractivity contribution is 0.0814. The van der Waals surface area contributed by atoms with Gasteiger partial charge in [0.05, 0.1) is 12.3 Å². The van der Waals surface area contributed by atoms with Crippen molar-refractivity contribution >= 4 is 28.5 Å². The van der Waals surface area contributed by atoms with Gasteiger partial charge in [0, 0.05) is 18.0 Å². The minimum Gasteiger partial charge on any atom is -0.477 e. The van der Waals surface area contributed by atoms with Crippen LogP contribution in [-0.4, -0.2) is 39.4 Å². The van der Waals surface area contributed by atoms with E-state index in [-0.39, 0.29) is 11.9 Å². The maximum atomic E-state index is 13.3. The lowest BCUT2D eigenvalue weighted by Gasteiger charge is -2.23. The Kier molecular flexibility index (Phi) is 5.93. The maximum Gasteiger partial charge on any atom is 0.265 e. The molecule has 1 amide bonds. The minimum absolute atomic E-state index is 0.107. The largest absolute Gasteiger partial charge is 0.477 e. The summed E-state index contributed by atoms with van der Waals surface area (Å²) in [6.07, 6.45) is 2.51. The van der Waals surface area contributed by atoms with Crippen LogP contribution < -0.4 is 4.74 Å². The second-order valence-electron chi connectivity index (χ2n) is 6.07. The fourth-order valence-corrected chi connectivity index (χ4v) is 4.12. The van der Waals surface area contributed by atoms with Crippen molar-refractivity contribution in [1.29, 1.82) is 0 Å². The highest BCUT2D eigenvalue weighted by Crippen LogP contribution is 2.31. The summed E-state index contributed by atoms with van der Waals surface area (Å²) < 4.78 is 5.55. The number of amides is 1. The molecule has 1 fully saturated rings. The number of hydrogen-bond donors (Lipinski definition) is 0. The van der Waals surface area contributed by atoms with Crippen LogP contribution in [0.15, 0.2) is 47.6 Å². The van der Waals surface area contributed by atoms with E-state index in [0.717, 1.165) is 28.6 Å². The topological polar surface area (TPSA) is 54.8 Å². The molecule has 1 aromatic carbocycles. The standard InChI is InChI=1S/C20H23N3O2S/c1-4-16-13-26-20(22-15-9-6-8-14(3)12-15)23(16)19(24)17-10-7-11-21-18(17)25-5-2/h6-12,16H,4-5,13H2,1-3H3/t16-/m0/s1. The molecule has 0 radical (unpaired) electrons. The molecule has 26 heavy (non-hydrogen) atoms. The van der Waals surface area contributed by atoms with Gasteiger partial charge in [0.15, 0.2) is 5.17 Å². The highest BCUT2D eigenvalue weighted by molar-refractivity contribution is 8.14. The summed E-state index contributed by atoms with van der Waals surface area (Å²) in [7, 11) is 0. The van der Waals surface area contributed by atoms with Crippen molar-refractivity contribution in [2.45, 2.75) is 33.2 Å². The molecule has 0 bridgehead atoms. The van der Waals surface area contributed by atoms with E-state index < -0.39 is 0 Å². The number of aryl methyl sites for hydroxylation is 1. The Labute approximate surface area is 158 Å². The third-order valence-corrected chi connectivity index (χ3v) is 5.27. The second kappa shape index (κ2) is 8.36. The van der Waals surface area contributed by atoms with Gasteiger partial charge in [0.2, 0.25) is 5.88 Å². The first-order valence-corrected chi connectivity index (χ1v) is 9.82. The molecule has 2 heterocycles. The summed E-state index contributed by atoms with van der Waals surface area (Å²) in [4.78, 5) is 24.0. The third kappa shape index (κ3) is 3.90. The van der Waals surface area contributed by atoms with Gasteiger partial charge in [-0.25, -0.2) is 9.98 Å². The smallest absolute Gasteiger partial charge is 0.265 e. The predicted molar refractivity (Wildman–Crippen MR) is 106 cm³/mol.